The summed E-state index contributed by atoms with van der Waals surface area (Å²) in [5, 5.41) is 0. The van der Waals surface area contributed by atoms with Crippen LogP contribution in [0, 0.1) is 46.3 Å². The molecule has 2 aliphatic carbocycles. The normalized spacial score (nSPS) is 37.6. The molecule has 0 saturated heterocycles. The minimum atomic E-state index is 0.531. The van der Waals surface area contributed by atoms with Crippen molar-refractivity contribution in [2.45, 2.75) is 113 Å². The Balaban J connectivity index is 1.98. The molecule has 2 rings (SSSR count). The van der Waals surface area contributed by atoms with Crippen LogP contribution >= 0.6 is 0 Å². The predicted molar refractivity (Wildman–Crippen MR) is 113 cm³/mol. The molecule has 0 aromatic carbocycles. The molecule has 5 unspecified atom stereocenters. The lowest BCUT2D eigenvalue weighted by molar-refractivity contribution is -0.0312. The van der Waals surface area contributed by atoms with Crippen molar-refractivity contribution >= 4 is 0 Å². The van der Waals surface area contributed by atoms with E-state index in [2.05, 4.69) is 55.4 Å². The second kappa shape index (κ2) is 8.35. The third-order valence-corrected chi connectivity index (χ3v) is 9.14. The minimum absolute atomic E-state index is 0.531. The Bertz CT molecular complexity index is 402. The Morgan fingerprint density at radius 1 is 0.840 bits per heavy atom. The smallest absolute Gasteiger partial charge is 0.0295 e. The van der Waals surface area contributed by atoms with Crippen LogP contribution in [0.5, 0.6) is 0 Å². The zero-order valence-corrected chi connectivity index (χ0v) is 18.8. The number of rotatable bonds is 7. The first-order valence-electron chi connectivity index (χ1n) is 11.6. The van der Waals surface area contributed by atoms with Crippen LogP contribution in [0.25, 0.3) is 0 Å². The summed E-state index contributed by atoms with van der Waals surface area (Å²) in [6.45, 7) is 20.1. The lowest BCUT2D eigenvalue weighted by Gasteiger charge is -2.52. The van der Waals surface area contributed by atoms with Crippen molar-refractivity contribution in [2.75, 3.05) is 0 Å². The molecule has 0 bridgehead atoms. The molecule has 2 saturated carbocycles. The highest BCUT2D eigenvalue weighted by atomic mass is 14.6. The van der Waals surface area contributed by atoms with Crippen molar-refractivity contribution in [1.82, 2.24) is 0 Å². The van der Waals surface area contributed by atoms with Crippen LogP contribution < -0.4 is 0 Å². The molecule has 0 aromatic rings. The van der Waals surface area contributed by atoms with E-state index in [-0.39, 0.29) is 0 Å². The van der Waals surface area contributed by atoms with Gasteiger partial charge in [0.05, 0.1) is 0 Å². The molecule has 0 heteroatoms. The van der Waals surface area contributed by atoms with E-state index in [1.807, 2.05) is 0 Å². The number of hydrogen-bond donors (Lipinski definition) is 0. The molecule has 0 aromatic heterocycles. The van der Waals surface area contributed by atoms with Gasteiger partial charge in [-0.25, -0.2) is 0 Å². The lowest BCUT2D eigenvalue weighted by atomic mass is 9.53. The van der Waals surface area contributed by atoms with Crippen molar-refractivity contribution in [3.8, 4) is 0 Å². The Labute approximate surface area is 159 Å². The minimum Gasteiger partial charge on any atom is -0.0651 e. The van der Waals surface area contributed by atoms with Crippen molar-refractivity contribution in [3.63, 3.8) is 0 Å². The highest BCUT2D eigenvalue weighted by molar-refractivity contribution is 5.00. The van der Waals surface area contributed by atoms with Gasteiger partial charge in [-0.2, -0.15) is 0 Å². The first-order valence-corrected chi connectivity index (χ1v) is 11.6. The van der Waals surface area contributed by atoms with Crippen LogP contribution in [-0.4, -0.2) is 0 Å². The Morgan fingerprint density at radius 2 is 1.48 bits per heavy atom. The fourth-order valence-electron chi connectivity index (χ4n) is 6.87. The van der Waals surface area contributed by atoms with Gasteiger partial charge in [0.15, 0.2) is 0 Å². The maximum atomic E-state index is 2.63. The monoisotopic (exact) mass is 348 g/mol. The fraction of sp³-hybridized carbons (Fsp3) is 1.00. The highest BCUT2D eigenvalue weighted by Crippen LogP contribution is 2.59. The molecular formula is C25H48. The highest BCUT2D eigenvalue weighted by Gasteiger charge is 2.51. The molecular weight excluding hydrogens is 300 g/mol. The van der Waals surface area contributed by atoms with Gasteiger partial charge in [0.25, 0.3) is 0 Å². The van der Waals surface area contributed by atoms with E-state index in [9.17, 15) is 0 Å². The maximum Gasteiger partial charge on any atom is -0.0295 e. The fourth-order valence-corrected chi connectivity index (χ4v) is 6.87. The first kappa shape index (κ1) is 21.3. The second-order valence-corrected chi connectivity index (χ2v) is 11.3. The SMILES string of the molecule is CCC1CCC(C2CCC(CCCCC(C)C)C2(C)C)C(C)C1(C)C. The molecule has 25 heavy (non-hydrogen) atoms. The molecule has 2 aliphatic rings. The average Bonchev–Trinajstić information content (AvgIpc) is 2.81. The van der Waals surface area contributed by atoms with Crippen molar-refractivity contribution in [2.24, 2.45) is 46.3 Å². The summed E-state index contributed by atoms with van der Waals surface area (Å²) in [7, 11) is 0. The zero-order chi connectivity index (χ0) is 18.8. The van der Waals surface area contributed by atoms with E-state index in [1.165, 1.54) is 57.8 Å². The van der Waals surface area contributed by atoms with Crippen LogP contribution in [0.3, 0.4) is 0 Å². The van der Waals surface area contributed by atoms with Crippen LogP contribution in [0.4, 0.5) is 0 Å². The second-order valence-electron chi connectivity index (χ2n) is 11.3. The van der Waals surface area contributed by atoms with E-state index >= 15 is 0 Å². The van der Waals surface area contributed by atoms with E-state index < -0.39 is 0 Å². The van der Waals surface area contributed by atoms with Gasteiger partial charge in [-0.3, -0.25) is 0 Å². The van der Waals surface area contributed by atoms with Crippen LogP contribution in [0.15, 0.2) is 0 Å². The lowest BCUT2D eigenvalue weighted by Crippen LogP contribution is -2.45. The average molecular weight is 349 g/mol. The molecule has 0 nitrogen and oxygen atoms in total. The number of hydrogen-bond acceptors (Lipinski definition) is 0. The maximum absolute atomic E-state index is 2.63. The van der Waals surface area contributed by atoms with Gasteiger partial charge in [-0.1, -0.05) is 81.1 Å². The van der Waals surface area contributed by atoms with Gasteiger partial charge in [-0.15, -0.1) is 0 Å². The van der Waals surface area contributed by atoms with Crippen LogP contribution in [0.1, 0.15) is 113 Å². The van der Waals surface area contributed by atoms with Gasteiger partial charge in [-0.05, 0) is 78.4 Å². The summed E-state index contributed by atoms with van der Waals surface area (Å²) >= 11 is 0. The van der Waals surface area contributed by atoms with Gasteiger partial charge in [0.2, 0.25) is 0 Å². The van der Waals surface area contributed by atoms with Gasteiger partial charge >= 0.3 is 0 Å². The molecule has 2 fully saturated rings. The quantitative estimate of drug-likeness (QED) is 0.405. The molecule has 0 radical (unpaired) electrons. The molecule has 148 valence electrons. The molecule has 5 atom stereocenters. The Hall–Kier alpha value is 0. The molecule has 0 N–H and O–H groups in total. The first-order chi connectivity index (χ1) is 11.6. The van der Waals surface area contributed by atoms with Crippen molar-refractivity contribution < 1.29 is 0 Å². The summed E-state index contributed by atoms with van der Waals surface area (Å²) in [6, 6.07) is 0. The summed E-state index contributed by atoms with van der Waals surface area (Å²) in [4.78, 5) is 0. The molecule has 0 heterocycles. The molecule has 0 spiro atoms. The Kier molecular flexibility index (Phi) is 7.11. The predicted octanol–water partition coefficient (Wildman–Crippen LogP) is 8.35. The Morgan fingerprint density at radius 3 is 2.08 bits per heavy atom. The third-order valence-electron chi connectivity index (χ3n) is 9.14. The van der Waals surface area contributed by atoms with E-state index in [1.54, 1.807) is 0 Å². The summed E-state index contributed by atoms with van der Waals surface area (Å²) in [5.41, 5.74) is 1.09. The standard InChI is InChI=1S/C25H48/c1-9-20-14-16-22(19(4)24(20,5)6)23-17-15-21(25(23,7)8)13-11-10-12-18(2)3/h18-23H,9-17H2,1-8H3. The van der Waals surface area contributed by atoms with Crippen LogP contribution in [-0.2, 0) is 0 Å². The third kappa shape index (κ3) is 4.47. The molecule has 0 amide bonds. The number of unbranched alkanes of at least 4 members (excludes halogenated alkanes) is 1. The summed E-state index contributed by atoms with van der Waals surface area (Å²) in [5.74, 6) is 5.61. The van der Waals surface area contributed by atoms with Crippen LogP contribution in [0.2, 0.25) is 0 Å². The van der Waals surface area contributed by atoms with E-state index in [0.29, 0.717) is 10.8 Å². The topological polar surface area (TPSA) is 0 Å². The van der Waals surface area contributed by atoms with Gasteiger partial charge < -0.3 is 0 Å². The van der Waals surface area contributed by atoms with E-state index in [4.69, 9.17) is 0 Å². The molecule has 0 aliphatic heterocycles. The summed E-state index contributed by atoms with van der Waals surface area (Å²) < 4.78 is 0. The zero-order valence-electron chi connectivity index (χ0n) is 18.8. The van der Waals surface area contributed by atoms with Crippen molar-refractivity contribution in [1.29, 1.82) is 0 Å². The van der Waals surface area contributed by atoms with Gasteiger partial charge in [0, 0.05) is 0 Å². The van der Waals surface area contributed by atoms with Gasteiger partial charge in [0.1, 0.15) is 0 Å². The van der Waals surface area contributed by atoms with E-state index in [0.717, 1.165) is 35.5 Å². The van der Waals surface area contributed by atoms with Crippen molar-refractivity contribution in [3.05, 3.63) is 0 Å². The largest absolute Gasteiger partial charge is 0.0651 e. The summed E-state index contributed by atoms with van der Waals surface area (Å²) in [6.07, 6.45) is 13.2.